The van der Waals surface area contributed by atoms with E-state index in [1.165, 1.54) is 24.8 Å². The standard InChI is InChI=1S/C14H22BO2S/c1-4-11(5-2)6-7-12-8-9-13(17-18-15)14(10-12)16-3/h8-11,15H,4-7H2,1-3H3/i15T. The molecule has 18 heavy (non-hydrogen) atoms. The number of benzene rings is 1. The molecule has 0 bridgehead atoms. The van der Waals surface area contributed by atoms with Crippen molar-refractivity contribution in [2.75, 3.05) is 7.11 Å². The summed E-state index contributed by atoms with van der Waals surface area (Å²) >= 11 is 0.984. The molecular weight excluding hydrogens is 243 g/mol. The van der Waals surface area contributed by atoms with Gasteiger partial charge in [-0.3, -0.25) is 0 Å². The average molecular weight is 267 g/mol. The Morgan fingerprint density at radius 1 is 1.33 bits per heavy atom. The first-order valence-electron chi connectivity index (χ1n) is 7.03. The number of hydrogen-bond acceptors (Lipinski definition) is 3. The predicted molar refractivity (Wildman–Crippen MR) is 80.8 cm³/mol. The largest absolute Gasteiger partial charge is 0.493 e. The fraction of sp³-hybridized carbons (Fsp3) is 0.571. The zero-order valence-electron chi connectivity index (χ0n) is 12.4. The van der Waals surface area contributed by atoms with E-state index in [2.05, 4.69) is 19.9 Å². The maximum atomic E-state index is 6.95. The monoisotopic (exact) mass is 267 g/mol. The van der Waals surface area contributed by atoms with Crippen molar-refractivity contribution in [2.45, 2.75) is 39.5 Å². The zero-order valence-corrected chi connectivity index (χ0v) is 12.3. The van der Waals surface area contributed by atoms with Gasteiger partial charge in [-0.05, 0) is 49.7 Å². The normalized spacial score (nSPS) is 11.2. The van der Waals surface area contributed by atoms with E-state index in [9.17, 15) is 0 Å². The predicted octanol–water partition coefficient (Wildman–Crippen LogP) is 3.91. The summed E-state index contributed by atoms with van der Waals surface area (Å²) in [5, 5.41) is 0. The first-order chi connectivity index (χ1) is 9.24. The van der Waals surface area contributed by atoms with E-state index in [1.54, 1.807) is 7.11 Å². The van der Waals surface area contributed by atoms with Crippen molar-refractivity contribution in [2.24, 2.45) is 5.92 Å². The maximum Gasteiger partial charge on any atom is 0.227 e. The van der Waals surface area contributed by atoms with Gasteiger partial charge in [-0.2, -0.15) is 0 Å². The molecule has 0 unspecified atom stereocenters. The van der Waals surface area contributed by atoms with Gasteiger partial charge >= 0.3 is 0 Å². The van der Waals surface area contributed by atoms with Crippen LogP contribution in [0.2, 0.25) is 0 Å². The van der Waals surface area contributed by atoms with Crippen molar-refractivity contribution in [1.29, 1.82) is 1.34 Å². The van der Waals surface area contributed by atoms with Gasteiger partial charge in [0.1, 0.15) is 0 Å². The first kappa shape index (κ1) is 13.7. The molecule has 2 nitrogen and oxygen atoms in total. The Morgan fingerprint density at radius 2 is 2.11 bits per heavy atom. The molecule has 0 fully saturated rings. The second-order valence-corrected chi connectivity index (χ2v) is 4.75. The van der Waals surface area contributed by atoms with Crippen molar-refractivity contribution in [3.8, 4) is 11.5 Å². The molecule has 99 valence electrons. The molecule has 0 atom stereocenters. The van der Waals surface area contributed by atoms with E-state index in [1.807, 2.05) is 12.1 Å². The van der Waals surface area contributed by atoms with Crippen LogP contribution in [0.25, 0.3) is 0 Å². The Bertz CT molecular complexity index is 372. The van der Waals surface area contributed by atoms with E-state index in [0.29, 0.717) is 5.75 Å². The van der Waals surface area contributed by atoms with Crippen LogP contribution in [-0.4, -0.2) is 15.5 Å². The summed E-state index contributed by atoms with van der Waals surface area (Å²) in [5.41, 5.74) is 1.27. The molecule has 0 heterocycles. The Morgan fingerprint density at radius 3 is 2.72 bits per heavy atom. The summed E-state index contributed by atoms with van der Waals surface area (Å²) in [5.74, 6) is 2.20. The molecule has 1 radical (unpaired) electrons. The number of ether oxygens (including phenoxy) is 1. The molecule has 0 aliphatic carbocycles. The minimum atomic E-state index is 0.669. The first-order valence-corrected chi connectivity index (χ1v) is 7.25. The van der Waals surface area contributed by atoms with E-state index >= 15 is 0 Å². The topological polar surface area (TPSA) is 18.5 Å². The molecule has 1 rings (SSSR count). The fourth-order valence-electron chi connectivity index (χ4n) is 2.06. The maximum absolute atomic E-state index is 6.95. The van der Waals surface area contributed by atoms with Crippen LogP contribution in [-0.2, 0) is 6.42 Å². The lowest BCUT2D eigenvalue weighted by Gasteiger charge is -2.13. The number of rotatable bonds is 9. The third-order valence-electron chi connectivity index (χ3n) is 3.36. The molecule has 0 saturated heterocycles. The molecule has 4 heteroatoms. The molecule has 0 N–H and O–H groups in total. The van der Waals surface area contributed by atoms with E-state index in [0.717, 1.165) is 37.1 Å². The minimum absolute atomic E-state index is 0.669. The molecule has 0 aromatic heterocycles. The van der Waals surface area contributed by atoms with Gasteiger partial charge in [0.2, 0.25) is 7.09 Å². The average Bonchev–Trinajstić information content (AvgIpc) is 2.46. The van der Waals surface area contributed by atoms with Gasteiger partial charge in [0.25, 0.3) is 0 Å². The third kappa shape index (κ3) is 4.49. The van der Waals surface area contributed by atoms with Crippen LogP contribution in [0.1, 0.15) is 38.7 Å². The Kier molecular flexibility index (Phi) is 6.34. The molecule has 1 aromatic rings. The van der Waals surface area contributed by atoms with Crippen LogP contribution >= 0.6 is 11.9 Å². The second kappa shape index (κ2) is 8.36. The van der Waals surface area contributed by atoms with Crippen LogP contribution in [0.4, 0.5) is 0 Å². The molecular formula is C14H22BO2S. The van der Waals surface area contributed by atoms with Gasteiger partial charge in [-0.1, -0.05) is 32.8 Å². The van der Waals surface area contributed by atoms with Crippen molar-refractivity contribution in [3.05, 3.63) is 23.8 Å². The van der Waals surface area contributed by atoms with Crippen LogP contribution in [0.3, 0.4) is 0 Å². The molecule has 1 aromatic carbocycles. The van der Waals surface area contributed by atoms with Gasteiger partial charge in [-0.25, -0.2) is 0 Å². The van der Waals surface area contributed by atoms with E-state index < -0.39 is 0 Å². The van der Waals surface area contributed by atoms with Crippen molar-refractivity contribution in [1.82, 2.24) is 0 Å². The summed E-state index contributed by atoms with van der Waals surface area (Å²) in [4.78, 5) is 0. The highest BCUT2D eigenvalue weighted by atomic mass is 32.2. The SMILES string of the molecule is [3H][B]SOc1ccc(CCC(CC)CC)cc1OC. The number of aryl methyl sites for hydroxylation is 1. The second-order valence-electron chi connectivity index (χ2n) is 4.39. The lowest BCUT2D eigenvalue weighted by atomic mass is 9.95. The number of hydrogen-bond donors (Lipinski definition) is 0. The number of methoxy groups -OCH3 is 1. The summed E-state index contributed by atoms with van der Waals surface area (Å²) < 4.78 is 17.6. The van der Waals surface area contributed by atoms with Crippen LogP contribution in [0.5, 0.6) is 11.5 Å². The Hall–Kier alpha value is -0.765. The molecule has 0 aliphatic heterocycles. The summed E-state index contributed by atoms with van der Waals surface area (Å²) in [7, 11) is 2.79. The Balaban J connectivity index is 2.65. The smallest absolute Gasteiger partial charge is 0.227 e. The zero-order chi connectivity index (χ0) is 14.1. The highest BCUT2D eigenvalue weighted by molar-refractivity contribution is 8.16. The van der Waals surface area contributed by atoms with E-state index in [-0.39, 0.29) is 0 Å². The summed E-state index contributed by atoms with van der Waals surface area (Å²) in [6, 6.07) is 6.02. The third-order valence-corrected chi connectivity index (χ3v) is 3.64. The fourth-order valence-corrected chi connectivity index (χ4v) is 2.30. The molecule has 0 saturated carbocycles. The molecule has 0 amide bonds. The molecule has 0 aliphatic rings. The molecule has 0 spiro atoms. The summed E-state index contributed by atoms with van der Waals surface area (Å²) in [6.07, 6.45) is 4.77. The van der Waals surface area contributed by atoms with Gasteiger partial charge in [0.15, 0.2) is 11.5 Å². The van der Waals surface area contributed by atoms with Gasteiger partial charge in [0, 0.05) is 0 Å². The van der Waals surface area contributed by atoms with Crippen molar-refractivity contribution in [3.63, 3.8) is 0 Å². The lowest BCUT2D eigenvalue weighted by molar-refractivity contribution is 0.398. The van der Waals surface area contributed by atoms with Gasteiger partial charge in [0.05, 0.1) is 7.11 Å². The van der Waals surface area contributed by atoms with Crippen LogP contribution in [0, 0.1) is 5.92 Å². The van der Waals surface area contributed by atoms with Gasteiger partial charge in [-0.15, -0.1) is 0 Å². The Labute approximate surface area is 117 Å². The van der Waals surface area contributed by atoms with Gasteiger partial charge < -0.3 is 8.92 Å². The van der Waals surface area contributed by atoms with Crippen LogP contribution < -0.4 is 8.92 Å². The highest BCUT2D eigenvalue weighted by Crippen LogP contribution is 2.30. The van der Waals surface area contributed by atoms with Crippen molar-refractivity contribution >= 4 is 19.0 Å². The lowest BCUT2D eigenvalue weighted by Crippen LogP contribution is -1.99. The van der Waals surface area contributed by atoms with E-state index in [4.69, 9.17) is 10.3 Å². The van der Waals surface area contributed by atoms with Crippen molar-refractivity contribution < 1.29 is 8.92 Å². The minimum Gasteiger partial charge on any atom is -0.493 e. The quantitative estimate of drug-likeness (QED) is 0.499. The summed E-state index contributed by atoms with van der Waals surface area (Å²) in [6.45, 7) is 4.50. The van der Waals surface area contributed by atoms with Crippen LogP contribution in [0.15, 0.2) is 18.2 Å². The highest BCUT2D eigenvalue weighted by Gasteiger charge is 2.08.